The van der Waals surface area contributed by atoms with Gasteiger partial charge >= 0.3 is 0 Å². The molecule has 1 heterocycles. The summed E-state index contributed by atoms with van der Waals surface area (Å²) in [5.41, 5.74) is 0.970. The number of para-hydroxylation sites is 2. The van der Waals surface area contributed by atoms with Crippen LogP contribution in [0.3, 0.4) is 0 Å². The number of nitrogens with zero attached hydrogens (tertiary/aromatic N) is 3. The van der Waals surface area contributed by atoms with Gasteiger partial charge in [-0.15, -0.1) is 0 Å². The Labute approximate surface area is 189 Å². The Kier molecular flexibility index (Phi) is 7.10. The lowest BCUT2D eigenvalue weighted by atomic mass is 9.91. The first-order chi connectivity index (χ1) is 15.1. The molecule has 1 aromatic heterocycles. The lowest BCUT2D eigenvalue weighted by molar-refractivity contribution is 0.285. The SMILES string of the molecule is CN(C)c1nc(N[C@H]2CC[C@@H](NCCOc3ccccc3Cl)CC2)nc2ccccc12. The first-order valence-corrected chi connectivity index (χ1v) is 11.3. The van der Waals surface area contributed by atoms with Gasteiger partial charge in [-0.1, -0.05) is 35.9 Å². The maximum atomic E-state index is 6.13. The minimum atomic E-state index is 0.397. The Morgan fingerprint density at radius 2 is 1.68 bits per heavy atom. The molecule has 1 aliphatic rings. The van der Waals surface area contributed by atoms with E-state index in [1.165, 1.54) is 0 Å². The molecule has 0 saturated heterocycles. The third-order valence-electron chi connectivity index (χ3n) is 5.70. The first-order valence-electron chi connectivity index (χ1n) is 10.9. The number of halogens is 1. The molecule has 6 nitrogen and oxygen atoms in total. The first kappa shape index (κ1) is 21.7. The molecule has 0 spiro atoms. The van der Waals surface area contributed by atoms with Crippen LogP contribution in [0, 0.1) is 0 Å². The van der Waals surface area contributed by atoms with Crippen LogP contribution in [-0.4, -0.2) is 49.3 Å². The fraction of sp³-hybridized carbons (Fsp3) is 0.417. The van der Waals surface area contributed by atoms with Gasteiger partial charge < -0.3 is 20.3 Å². The predicted octanol–water partition coefficient (Wildman–Crippen LogP) is 4.74. The second kappa shape index (κ2) is 10.2. The third kappa shape index (κ3) is 5.57. The summed E-state index contributed by atoms with van der Waals surface area (Å²) in [5, 5.41) is 8.91. The van der Waals surface area contributed by atoms with Gasteiger partial charge in [0.2, 0.25) is 5.95 Å². The van der Waals surface area contributed by atoms with Crippen molar-refractivity contribution in [3.05, 3.63) is 53.6 Å². The van der Waals surface area contributed by atoms with E-state index in [2.05, 4.69) is 16.7 Å². The van der Waals surface area contributed by atoms with E-state index in [1.807, 2.05) is 61.5 Å². The summed E-state index contributed by atoms with van der Waals surface area (Å²) in [6.45, 7) is 1.42. The van der Waals surface area contributed by atoms with Crippen LogP contribution in [0.5, 0.6) is 5.75 Å². The number of anilines is 2. The molecule has 1 aliphatic carbocycles. The molecule has 1 saturated carbocycles. The van der Waals surface area contributed by atoms with Crippen LogP contribution >= 0.6 is 11.6 Å². The number of hydrogen-bond acceptors (Lipinski definition) is 6. The molecular weight excluding hydrogens is 410 g/mol. The van der Waals surface area contributed by atoms with Crippen molar-refractivity contribution >= 4 is 34.3 Å². The standard InChI is InChI=1S/C24H30ClN5O/c1-30(2)23-19-7-3-5-9-21(19)28-24(29-23)27-18-13-11-17(12-14-18)26-15-16-31-22-10-6-4-8-20(22)25/h3-10,17-18,26H,11-16H2,1-2H3,(H,27,28,29)/t17-,18+. The predicted molar refractivity (Wildman–Crippen MR) is 128 cm³/mol. The lowest BCUT2D eigenvalue weighted by Gasteiger charge is -2.30. The van der Waals surface area contributed by atoms with E-state index in [1.54, 1.807) is 0 Å². The minimum absolute atomic E-state index is 0.397. The van der Waals surface area contributed by atoms with Crippen LogP contribution in [0.2, 0.25) is 5.02 Å². The molecule has 1 fully saturated rings. The van der Waals surface area contributed by atoms with Crippen LogP contribution in [0.15, 0.2) is 48.5 Å². The molecule has 2 N–H and O–H groups in total. The van der Waals surface area contributed by atoms with Crippen LogP contribution in [0.1, 0.15) is 25.7 Å². The summed E-state index contributed by atoms with van der Waals surface area (Å²) < 4.78 is 5.77. The number of fused-ring (bicyclic) bond motifs is 1. The van der Waals surface area contributed by atoms with E-state index in [0.29, 0.717) is 29.7 Å². The fourth-order valence-corrected chi connectivity index (χ4v) is 4.27. The number of hydrogen-bond donors (Lipinski definition) is 2. The van der Waals surface area contributed by atoms with Crippen LogP contribution in [-0.2, 0) is 0 Å². The largest absolute Gasteiger partial charge is 0.491 e. The van der Waals surface area contributed by atoms with Gasteiger partial charge in [0.05, 0.1) is 10.5 Å². The molecule has 3 aromatic rings. The monoisotopic (exact) mass is 439 g/mol. The molecule has 2 aromatic carbocycles. The van der Waals surface area contributed by atoms with Crippen molar-refractivity contribution in [1.29, 1.82) is 0 Å². The summed E-state index contributed by atoms with van der Waals surface area (Å²) in [6, 6.07) is 16.7. The van der Waals surface area contributed by atoms with Gasteiger partial charge in [0.15, 0.2) is 0 Å². The average Bonchev–Trinajstić information content (AvgIpc) is 2.78. The lowest BCUT2D eigenvalue weighted by Crippen LogP contribution is -2.38. The Bertz CT molecular complexity index is 1000. The molecule has 0 bridgehead atoms. The maximum absolute atomic E-state index is 6.13. The topological polar surface area (TPSA) is 62.3 Å². The van der Waals surface area contributed by atoms with Crippen molar-refractivity contribution < 1.29 is 4.74 Å². The molecule has 0 radical (unpaired) electrons. The molecule has 0 unspecified atom stereocenters. The van der Waals surface area contributed by atoms with Gasteiger partial charge in [-0.3, -0.25) is 0 Å². The molecule has 31 heavy (non-hydrogen) atoms. The summed E-state index contributed by atoms with van der Waals surface area (Å²) in [7, 11) is 4.04. The van der Waals surface area contributed by atoms with Gasteiger partial charge in [0.1, 0.15) is 18.2 Å². The van der Waals surface area contributed by atoms with Crippen molar-refractivity contribution in [2.24, 2.45) is 0 Å². The number of ether oxygens (including phenoxy) is 1. The Balaban J connectivity index is 1.25. The molecule has 164 valence electrons. The highest BCUT2D eigenvalue weighted by Gasteiger charge is 2.22. The van der Waals surface area contributed by atoms with Gasteiger partial charge in [-0.2, -0.15) is 4.98 Å². The Morgan fingerprint density at radius 3 is 2.45 bits per heavy atom. The van der Waals surface area contributed by atoms with Crippen molar-refractivity contribution in [1.82, 2.24) is 15.3 Å². The fourth-order valence-electron chi connectivity index (χ4n) is 4.08. The molecule has 4 rings (SSSR count). The Morgan fingerprint density at radius 1 is 0.968 bits per heavy atom. The summed E-state index contributed by atoms with van der Waals surface area (Å²) in [5.74, 6) is 2.40. The van der Waals surface area contributed by atoms with Gasteiger partial charge in [0.25, 0.3) is 0 Å². The second-order valence-corrected chi connectivity index (χ2v) is 8.62. The second-order valence-electron chi connectivity index (χ2n) is 8.21. The number of rotatable bonds is 8. The van der Waals surface area contributed by atoms with E-state index in [0.717, 1.165) is 54.7 Å². The van der Waals surface area contributed by atoms with Gasteiger partial charge in [-0.25, -0.2) is 4.98 Å². The Hall–Kier alpha value is -2.57. The highest BCUT2D eigenvalue weighted by Crippen LogP contribution is 2.26. The van der Waals surface area contributed by atoms with Crippen LogP contribution in [0.4, 0.5) is 11.8 Å². The molecular formula is C24H30ClN5O. The molecule has 0 atom stereocenters. The van der Waals surface area contributed by atoms with E-state index in [9.17, 15) is 0 Å². The number of nitrogens with one attached hydrogen (secondary N) is 2. The average molecular weight is 440 g/mol. The van der Waals surface area contributed by atoms with Crippen molar-refractivity contribution in [3.63, 3.8) is 0 Å². The van der Waals surface area contributed by atoms with Crippen molar-refractivity contribution in [2.45, 2.75) is 37.8 Å². The van der Waals surface area contributed by atoms with Crippen molar-refractivity contribution in [3.8, 4) is 5.75 Å². The maximum Gasteiger partial charge on any atom is 0.225 e. The van der Waals surface area contributed by atoms with E-state index >= 15 is 0 Å². The zero-order chi connectivity index (χ0) is 21.6. The summed E-state index contributed by atoms with van der Waals surface area (Å²) >= 11 is 6.13. The molecule has 7 heteroatoms. The van der Waals surface area contributed by atoms with Gasteiger partial charge in [0, 0.05) is 38.1 Å². The molecule has 0 amide bonds. The van der Waals surface area contributed by atoms with Crippen molar-refractivity contribution in [2.75, 3.05) is 37.5 Å². The van der Waals surface area contributed by atoms with E-state index in [-0.39, 0.29) is 0 Å². The highest BCUT2D eigenvalue weighted by molar-refractivity contribution is 6.32. The normalized spacial score (nSPS) is 18.7. The highest BCUT2D eigenvalue weighted by atomic mass is 35.5. The van der Waals surface area contributed by atoms with Crippen LogP contribution < -0.4 is 20.3 Å². The number of aromatic nitrogens is 2. The molecule has 0 aliphatic heterocycles. The quantitative estimate of drug-likeness (QED) is 0.494. The third-order valence-corrected chi connectivity index (χ3v) is 6.01. The van der Waals surface area contributed by atoms with E-state index in [4.69, 9.17) is 26.3 Å². The summed E-state index contributed by atoms with van der Waals surface area (Å²) in [4.78, 5) is 11.5. The van der Waals surface area contributed by atoms with Gasteiger partial charge in [-0.05, 0) is 49.9 Å². The zero-order valence-corrected chi connectivity index (χ0v) is 18.9. The smallest absolute Gasteiger partial charge is 0.225 e. The minimum Gasteiger partial charge on any atom is -0.491 e. The van der Waals surface area contributed by atoms with Crippen LogP contribution in [0.25, 0.3) is 10.9 Å². The van der Waals surface area contributed by atoms with E-state index < -0.39 is 0 Å². The zero-order valence-electron chi connectivity index (χ0n) is 18.1. The number of benzene rings is 2. The summed E-state index contributed by atoms with van der Waals surface area (Å²) in [6.07, 6.45) is 4.43.